The number of hydrogen-bond donors (Lipinski definition) is 2. The average molecular weight is 418 g/mol. The van der Waals surface area contributed by atoms with E-state index in [2.05, 4.69) is 27.5 Å². The second-order valence-electron chi connectivity index (χ2n) is 6.48. The maximum atomic E-state index is 12.7. The van der Waals surface area contributed by atoms with E-state index >= 15 is 0 Å². The number of halogens is 3. The van der Waals surface area contributed by atoms with Gasteiger partial charge >= 0.3 is 5.51 Å². The largest absolute Gasteiger partial charge is 0.446 e. The number of hydrogen-bond acceptors (Lipinski definition) is 5. The average Bonchev–Trinajstić information content (AvgIpc) is 2.67. The van der Waals surface area contributed by atoms with Crippen molar-refractivity contribution >= 4 is 29.2 Å². The first-order chi connectivity index (χ1) is 13.8. The van der Waals surface area contributed by atoms with Gasteiger partial charge in [0.1, 0.15) is 5.82 Å². The van der Waals surface area contributed by atoms with Crippen molar-refractivity contribution in [1.82, 2.24) is 9.97 Å². The second-order valence-corrected chi connectivity index (χ2v) is 7.62. The van der Waals surface area contributed by atoms with E-state index in [9.17, 15) is 13.2 Å². The van der Waals surface area contributed by atoms with Gasteiger partial charge in [0.25, 0.3) is 0 Å². The molecule has 29 heavy (non-hydrogen) atoms. The van der Waals surface area contributed by atoms with Crippen molar-refractivity contribution < 1.29 is 13.2 Å². The number of aromatic nitrogens is 2. The van der Waals surface area contributed by atoms with E-state index in [0.29, 0.717) is 17.5 Å². The zero-order valence-corrected chi connectivity index (χ0v) is 16.8. The zero-order chi connectivity index (χ0) is 20.9. The van der Waals surface area contributed by atoms with Crippen molar-refractivity contribution in [3.63, 3.8) is 0 Å². The Morgan fingerprint density at radius 2 is 1.76 bits per heavy atom. The van der Waals surface area contributed by atoms with Gasteiger partial charge in [-0.3, -0.25) is 0 Å². The summed E-state index contributed by atoms with van der Waals surface area (Å²) >= 11 is -0.145. The molecule has 0 bridgehead atoms. The minimum absolute atomic E-state index is 0.109. The van der Waals surface area contributed by atoms with Crippen LogP contribution in [0.4, 0.5) is 30.6 Å². The zero-order valence-electron chi connectivity index (χ0n) is 16.0. The highest BCUT2D eigenvalue weighted by Crippen LogP contribution is 2.38. The van der Waals surface area contributed by atoms with Gasteiger partial charge in [0, 0.05) is 28.3 Å². The van der Waals surface area contributed by atoms with Gasteiger partial charge in [0.05, 0.1) is 5.69 Å². The molecule has 152 valence electrons. The van der Waals surface area contributed by atoms with Crippen LogP contribution in [0, 0.1) is 0 Å². The Morgan fingerprint density at radius 1 is 1.00 bits per heavy atom. The van der Waals surface area contributed by atoms with E-state index in [1.165, 1.54) is 12.1 Å². The number of nitrogens with one attached hydrogen (secondary N) is 2. The first kappa shape index (κ1) is 21.0. The molecule has 1 aromatic heterocycles. The third-order valence-corrected chi connectivity index (χ3v) is 4.84. The molecule has 4 nitrogen and oxygen atoms in total. The summed E-state index contributed by atoms with van der Waals surface area (Å²) in [6, 6.07) is 17.8. The molecule has 0 fully saturated rings. The summed E-state index contributed by atoms with van der Waals surface area (Å²) in [5.41, 5.74) is -2.17. The molecule has 2 N–H and O–H groups in total. The molecule has 0 saturated heterocycles. The molecular weight excluding hydrogens is 397 g/mol. The molecule has 0 radical (unpaired) electrons. The fourth-order valence-corrected chi connectivity index (χ4v) is 3.17. The number of alkyl halides is 3. The van der Waals surface area contributed by atoms with Crippen LogP contribution >= 0.6 is 11.8 Å². The van der Waals surface area contributed by atoms with Gasteiger partial charge < -0.3 is 10.6 Å². The molecule has 0 aliphatic rings. The summed E-state index contributed by atoms with van der Waals surface area (Å²) in [6.45, 7) is 4.09. The summed E-state index contributed by atoms with van der Waals surface area (Å²) in [5, 5.41) is 6.36. The highest BCUT2D eigenvalue weighted by molar-refractivity contribution is 8.00. The van der Waals surface area contributed by atoms with Crippen LogP contribution in [-0.2, 0) is 0 Å². The molecule has 1 atom stereocenters. The van der Waals surface area contributed by atoms with Crippen LogP contribution in [0.1, 0.15) is 20.3 Å². The highest BCUT2D eigenvalue weighted by atomic mass is 32.2. The number of rotatable bonds is 7. The van der Waals surface area contributed by atoms with Gasteiger partial charge in [-0.25, -0.2) is 4.98 Å². The van der Waals surface area contributed by atoms with Gasteiger partial charge in [-0.1, -0.05) is 43.3 Å². The summed E-state index contributed by atoms with van der Waals surface area (Å²) in [7, 11) is 0. The van der Waals surface area contributed by atoms with Crippen LogP contribution in [0.25, 0.3) is 11.3 Å². The maximum Gasteiger partial charge on any atom is 0.446 e. The van der Waals surface area contributed by atoms with Crippen LogP contribution in [-0.4, -0.2) is 21.5 Å². The molecule has 0 amide bonds. The predicted molar refractivity (Wildman–Crippen MR) is 112 cm³/mol. The number of nitrogens with zero attached hydrogens (tertiary/aromatic N) is 2. The van der Waals surface area contributed by atoms with Gasteiger partial charge in [-0.05, 0) is 43.3 Å². The Morgan fingerprint density at radius 3 is 2.45 bits per heavy atom. The molecule has 0 saturated carbocycles. The van der Waals surface area contributed by atoms with Crippen LogP contribution in [0.15, 0.2) is 65.6 Å². The van der Waals surface area contributed by atoms with Crippen molar-refractivity contribution in [3.8, 4) is 11.3 Å². The normalized spacial score (nSPS) is 12.4. The number of benzene rings is 2. The summed E-state index contributed by atoms with van der Waals surface area (Å²) in [5.74, 6) is 0.961. The van der Waals surface area contributed by atoms with Crippen molar-refractivity contribution in [1.29, 1.82) is 0 Å². The van der Waals surface area contributed by atoms with Gasteiger partial charge in [-0.2, -0.15) is 18.2 Å². The van der Waals surface area contributed by atoms with Crippen LogP contribution in [0.3, 0.4) is 0 Å². The molecule has 2 aromatic carbocycles. The minimum atomic E-state index is -4.33. The molecule has 0 aliphatic carbocycles. The molecule has 8 heteroatoms. The third kappa shape index (κ3) is 6.39. The molecule has 3 rings (SSSR count). The van der Waals surface area contributed by atoms with Crippen molar-refractivity contribution in [2.75, 3.05) is 10.6 Å². The van der Waals surface area contributed by atoms with Crippen LogP contribution in [0.2, 0.25) is 0 Å². The minimum Gasteiger partial charge on any atom is -0.352 e. The fourth-order valence-electron chi connectivity index (χ4n) is 2.57. The number of thioether (sulfide) groups is 1. The molecule has 0 unspecified atom stereocenters. The van der Waals surface area contributed by atoms with E-state index in [1.807, 2.05) is 37.3 Å². The van der Waals surface area contributed by atoms with E-state index in [1.54, 1.807) is 18.2 Å². The first-order valence-corrected chi connectivity index (χ1v) is 9.98. The van der Waals surface area contributed by atoms with E-state index in [0.717, 1.165) is 17.7 Å². The number of anilines is 3. The lowest BCUT2D eigenvalue weighted by Gasteiger charge is -2.15. The lowest BCUT2D eigenvalue weighted by atomic mass is 10.1. The van der Waals surface area contributed by atoms with Crippen LogP contribution in [0.5, 0.6) is 0 Å². The molecule has 0 spiro atoms. The van der Waals surface area contributed by atoms with Gasteiger partial charge in [0.2, 0.25) is 5.95 Å². The van der Waals surface area contributed by atoms with E-state index < -0.39 is 5.51 Å². The lowest BCUT2D eigenvalue weighted by Crippen LogP contribution is -2.16. The Labute approximate surface area is 172 Å². The fraction of sp³-hybridized carbons (Fsp3) is 0.238. The molecule has 3 aromatic rings. The van der Waals surface area contributed by atoms with Crippen LogP contribution < -0.4 is 10.6 Å². The molecular formula is C21H21F3N4S. The molecule has 1 heterocycles. The van der Waals surface area contributed by atoms with E-state index in [-0.39, 0.29) is 22.7 Å². The first-order valence-electron chi connectivity index (χ1n) is 9.16. The van der Waals surface area contributed by atoms with Crippen molar-refractivity contribution in [2.24, 2.45) is 0 Å². The smallest absolute Gasteiger partial charge is 0.352 e. The third-order valence-electron chi connectivity index (χ3n) is 4.12. The summed E-state index contributed by atoms with van der Waals surface area (Å²) in [4.78, 5) is 9.18. The Balaban J connectivity index is 1.92. The Bertz CT molecular complexity index is 948. The topological polar surface area (TPSA) is 49.8 Å². The van der Waals surface area contributed by atoms with Gasteiger partial charge in [-0.15, -0.1) is 0 Å². The Kier molecular flexibility index (Phi) is 6.64. The standard InChI is InChI=1S/C21H21F3N4S/c1-3-14(2)25-20-27-18(15-8-5-4-6-9-15)13-19(28-20)26-16-10-7-11-17(12-16)29-21(22,23)24/h4-14H,3H2,1-2H3,(H2,25,26,27,28)/t14-/m1/s1. The quantitative estimate of drug-likeness (QED) is 0.418. The Hall–Kier alpha value is -2.74. The van der Waals surface area contributed by atoms with Gasteiger partial charge in [0.15, 0.2) is 0 Å². The summed E-state index contributed by atoms with van der Waals surface area (Å²) in [6.07, 6.45) is 0.901. The predicted octanol–water partition coefficient (Wildman–Crippen LogP) is 6.71. The SMILES string of the molecule is CC[C@@H](C)Nc1nc(Nc2cccc(SC(F)(F)F)c2)cc(-c2ccccc2)n1. The second kappa shape index (κ2) is 9.17. The highest BCUT2D eigenvalue weighted by Gasteiger charge is 2.29. The maximum absolute atomic E-state index is 12.7. The lowest BCUT2D eigenvalue weighted by molar-refractivity contribution is -0.0328. The van der Waals surface area contributed by atoms with Crippen molar-refractivity contribution in [3.05, 3.63) is 60.7 Å². The van der Waals surface area contributed by atoms with Crippen molar-refractivity contribution in [2.45, 2.75) is 36.7 Å². The summed E-state index contributed by atoms with van der Waals surface area (Å²) < 4.78 is 38.0. The molecule has 0 aliphatic heterocycles. The monoisotopic (exact) mass is 418 g/mol. The van der Waals surface area contributed by atoms with E-state index in [4.69, 9.17) is 0 Å².